The average molecular weight is 353 g/mol. The first kappa shape index (κ1) is 16.8. The maximum Gasteiger partial charge on any atom is 0.295 e. The number of carbonyl (C=O) groups is 2. The van der Waals surface area contributed by atoms with Crippen LogP contribution in [0, 0.1) is 6.92 Å². The Morgan fingerprint density at radius 1 is 1.16 bits per heavy atom. The summed E-state index contributed by atoms with van der Waals surface area (Å²) in [5.74, 6) is -0.698. The molecule has 7 heteroatoms. The molecule has 0 saturated heterocycles. The first-order valence-electron chi connectivity index (χ1n) is 7.53. The van der Waals surface area contributed by atoms with Crippen LogP contribution >= 0.6 is 11.3 Å². The lowest BCUT2D eigenvalue weighted by Gasteiger charge is -2.10. The summed E-state index contributed by atoms with van der Waals surface area (Å²) in [5.41, 5.74) is 1.16. The van der Waals surface area contributed by atoms with Gasteiger partial charge in [-0.25, -0.2) is 0 Å². The average Bonchev–Trinajstić information content (AvgIpc) is 3.11. The van der Waals surface area contributed by atoms with Crippen LogP contribution in [0.3, 0.4) is 0 Å². The predicted octanol–water partition coefficient (Wildman–Crippen LogP) is 2.79. The molecule has 0 aliphatic carbocycles. The summed E-state index contributed by atoms with van der Waals surface area (Å²) in [6.45, 7) is 3.23. The zero-order valence-electron chi connectivity index (χ0n) is 13.6. The normalized spacial score (nSPS) is 10.5. The summed E-state index contributed by atoms with van der Waals surface area (Å²) in [6, 6.07) is 11.9. The summed E-state index contributed by atoms with van der Waals surface area (Å²) in [7, 11) is 0. The number of nitrogens with one attached hydrogen (secondary N) is 1. The fourth-order valence-corrected chi connectivity index (χ4v) is 2.95. The molecule has 0 spiro atoms. The Kier molecular flexibility index (Phi) is 4.58. The molecule has 6 nitrogen and oxygen atoms in total. The van der Waals surface area contributed by atoms with Crippen molar-refractivity contribution >= 4 is 28.7 Å². The smallest absolute Gasteiger partial charge is 0.295 e. The van der Waals surface area contributed by atoms with E-state index in [0.717, 1.165) is 10.2 Å². The zero-order valence-corrected chi connectivity index (χ0v) is 14.5. The van der Waals surface area contributed by atoms with Crippen molar-refractivity contribution in [2.75, 3.05) is 5.32 Å². The summed E-state index contributed by atoms with van der Waals surface area (Å²) in [5, 5.41) is 8.47. The Bertz CT molecular complexity index is 989. The Morgan fingerprint density at radius 2 is 1.88 bits per heavy atom. The maximum absolute atomic E-state index is 12.6. The number of carbonyl (C=O) groups excluding carboxylic acids is 2. The van der Waals surface area contributed by atoms with E-state index in [9.17, 15) is 14.4 Å². The molecule has 126 valence electrons. The van der Waals surface area contributed by atoms with Crippen molar-refractivity contribution in [3.05, 3.63) is 74.3 Å². The third-order valence-corrected chi connectivity index (χ3v) is 4.35. The predicted molar refractivity (Wildman–Crippen MR) is 96.6 cm³/mol. The summed E-state index contributed by atoms with van der Waals surface area (Å²) < 4.78 is 1.13. The fraction of sp³-hybridized carbons (Fsp3) is 0.111. The highest BCUT2D eigenvalue weighted by Gasteiger charge is 2.18. The van der Waals surface area contributed by atoms with Gasteiger partial charge in [0.15, 0.2) is 0 Å². The van der Waals surface area contributed by atoms with Crippen LogP contribution in [0.25, 0.3) is 5.69 Å². The number of benzene rings is 1. The number of thiophene rings is 1. The van der Waals surface area contributed by atoms with Crippen LogP contribution in [0.2, 0.25) is 0 Å². The number of hydrogen-bond donors (Lipinski definition) is 1. The lowest BCUT2D eigenvalue weighted by Crippen LogP contribution is -2.28. The molecule has 0 fully saturated rings. The van der Waals surface area contributed by atoms with Gasteiger partial charge in [-0.1, -0.05) is 23.8 Å². The number of rotatable bonds is 4. The van der Waals surface area contributed by atoms with E-state index in [4.69, 9.17) is 0 Å². The quantitative estimate of drug-likeness (QED) is 0.731. The summed E-state index contributed by atoms with van der Waals surface area (Å²) in [4.78, 5) is 37.2. The topological polar surface area (TPSA) is 81.1 Å². The Balaban J connectivity index is 2.18. The molecule has 0 aliphatic heterocycles. The molecular weight excluding hydrogens is 338 g/mol. The van der Waals surface area contributed by atoms with Crippen molar-refractivity contribution in [1.29, 1.82) is 0 Å². The van der Waals surface area contributed by atoms with Gasteiger partial charge in [0, 0.05) is 6.92 Å². The van der Waals surface area contributed by atoms with Crippen molar-refractivity contribution in [2.24, 2.45) is 0 Å². The van der Waals surface area contributed by atoms with Gasteiger partial charge in [0.2, 0.25) is 11.7 Å². The van der Waals surface area contributed by atoms with Crippen LogP contribution in [0.4, 0.5) is 5.69 Å². The molecule has 3 aromatic rings. The van der Waals surface area contributed by atoms with Gasteiger partial charge in [-0.3, -0.25) is 14.4 Å². The number of ketones is 1. The van der Waals surface area contributed by atoms with E-state index >= 15 is 0 Å². The van der Waals surface area contributed by atoms with Crippen LogP contribution < -0.4 is 10.9 Å². The second-order valence-electron chi connectivity index (χ2n) is 5.48. The van der Waals surface area contributed by atoms with Gasteiger partial charge in [0.1, 0.15) is 11.4 Å². The van der Waals surface area contributed by atoms with Gasteiger partial charge >= 0.3 is 0 Å². The highest BCUT2D eigenvalue weighted by molar-refractivity contribution is 7.12. The van der Waals surface area contributed by atoms with Gasteiger partial charge in [-0.2, -0.15) is 9.78 Å². The minimum atomic E-state index is -0.498. The summed E-state index contributed by atoms with van der Waals surface area (Å²) in [6.07, 6.45) is 0. The lowest BCUT2D eigenvalue weighted by molar-refractivity contribution is -0.114. The fourth-order valence-electron chi connectivity index (χ4n) is 2.28. The maximum atomic E-state index is 12.6. The summed E-state index contributed by atoms with van der Waals surface area (Å²) >= 11 is 1.29. The van der Waals surface area contributed by atoms with Gasteiger partial charge in [0.25, 0.3) is 5.56 Å². The van der Waals surface area contributed by atoms with E-state index in [1.807, 2.05) is 19.1 Å². The number of amides is 1. The first-order chi connectivity index (χ1) is 12.0. The molecule has 1 aromatic carbocycles. The molecule has 0 aliphatic rings. The number of anilines is 1. The van der Waals surface area contributed by atoms with Gasteiger partial charge < -0.3 is 5.32 Å². The van der Waals surface area contributed by atoms with Crippen molar-refractivity contribution in [1.82, 2.24) is 9.78 Å². The molecule has 0 saturated carbocycles. The first-order valence-corrected chi connectivity index (χ1v) is 8.41. The molecule has 0 atom stereocenters. The molecular formula is C18H15N3O3S. The van der Waals surface area contributed by atoms with Crippen molar-refractivity contribution in [3.8, 4) is 5.69 Å². The molecule has 0 radical (unpaired) electrons. The SMILES string of the molecule is CC(=O)Nc1cc(C(=O)c2cccs2)nn(-c2ccc(C)cc2)c1=O. The van der Waals surface area contributed by atoms with Gasteiger partial charge in [-0.05, 0) is 36.6 Å². The van der Waals surface area contributed by atoms with E-state index < -0.39 is 11.5 Å². The molecule has 0 unspecified atom stereocenters. The Hall–Kier alpha value is -3.06. The molecule has 1 N–H and O–H groups in total. The van der Waals surface area contributed by atoms with E-state index in [1.165, 1.54) is 24.3 Å². The van der Waals surface area contributed by atoms with Crippen LogP contribution in [-0.2, 0) is 4.79 Å². The zero-order chi connectivity index (χ0) is 18.0. The van der Waals surface area contributed by atoms with Crippen molar-refractivity contribution in [2.45, 2.75) is 13.8 Å². The van der Waals surface area contributed by atoms with E-state index in [0.29, 0.717) is 10.6 Å². The molecule has 2 aromatic heterocycles. The Labute approximate surface area is 147 Å². The molecule has 1 amide bonds. The van der Waals surface area contributed by atoms with E-state index in [1.54, 1.807) is 29.6 Å². The minimum Gasteiger partial charge on any atom is -0.322 e. The minimum absolute atomic E-state index is 0.0166. The number of aromatic nitrogens is 2. The van der Waals surface area contributed by atoms with Crippen LogP contribution in [0.15, 0.2) is 52.6 Å². The van der Waals surface area contributed by atoms with Gasteiger partial charge in [-0.15, -0.1) is 11.3 Å². The number of aryl methyl sites for hydroxylation is 1. The highest BCUT2D eigenvalue weighted by Crippen LogP contribution is 2.16. The molecule has 2 heterocycles. The van der Waals surface area contributed by atoms with Crippen LogP contribution in [-0.4, -0.2) is 21.5 Å². The number of hydrogen-bond acceptors (Lipinski definition) is 5. The van der Waals surface area contributed by atoms with Crippen molar-refractivity contribution < 1.29 is 9.59 Å². The number of nitrogens with zero attached hydrogens (tertiary/aromatic N) is 2. The van der Waals surface area contributed by atoms with Crippen molar-refractivity contribution in [3.63, 3.8) is 0 Å². The molecule has 25 heavy (non-hydrogen) atoms. The lowest BCUT2D eigenvalue weighted by atomic mass is 10.2. The highest BCUT2D eigenvalue weighted by atomic mass is 32.1. The second-order valence-corrected chi connectivity index (χ2v) is 6.43. The molecule has 0 bridgehead atoms. The monoisotopic (exact) mass is 353 g/mol. The standard InChI is InChI=1S/C18H15N3O3S/c1-11-5-7-13(8-6-11)21-18(24)15(19-12(2)22)10-14(20-21)17(23)16-4-3-9-25-16/h3-10H,1-2H3,(H,19,22). The van der Waals surface area contributed by atoms with Gasteiger partial charge in [0.05, 0.1) is 10.6 Å². The molecule has 3 rings (SSSR count). The second kappa shape index (κ2) is 6.82. The third kappa shape index (κ3) is 3.56. The van der Waals surface area contributed by atoms with E-state index in [-0.39, 0.29) is 17.2 Å². The van der Waals surface area contributed by atoms with Crippen LogP contribution in [0.5, 0.6) is 0 Å². The Morgan fingerprint density at radius 3 is 2.48 bits per heavy atom. The van der Waals surface area contributed by atoms with E-state index in [2.05, 4.69) is 10.4 Å². The van der Waals surface area contributed by atoms with Crippen LogP contribution in [0.1, 0.15) is 27.9 Å². The largest absolute Gasteiger partial charge is 0.322 e. The third-order valence-electron chi connectivity index (χ3n) is 3.48.